The molecule has 1 aromatic rings. The molecule has 0 radical (unpaired) electrons. The molecule has 4 fully saturated rings. The Labute approximate surface area is 184 Å². The molecule has 1 aromatic carbocycles. The van der Waals surface area contributed by atoms with E-state index in [4.69, 9.17) is 4.74 Å². The molecule has 4 atom stereocenters. The molecule has 4 unspecified atom stereocenters. The lowest BCUT2D eigenvalue weighted by molar-refractivity contribution is -0.141. The maximum absolute atomic E-state index is 13.6. The van der Waals surface area contributed by atoms with Gasteiger partial charge in [-0.2, -0.15) is 0 Å². The van der Waals surface area contributed by atoms with Gasteiger partial charge < -0.3 is 14.5 Å². The minimum Gasteiger partial charge on any atom is -0.377 e. The van der Waals surface area contributed by atoms with E-state index in [-0.39, 0.29) is 35.8 Å². The quantitative estimate of drug-likeness (QED) is 0.751. The number of nitrogens with zero attached hydrogens (tertiary/aromatic N) is 4. The fourth-order valence-corrected chi connectivity index (χ4v) is 5.43. The summed E-state index contributed by atoms with van der Waals surface area (Å²) in [6, 6.07) is 9.51. The highest BCUT2D eigenvalue weighted by molar-refractivity contribution is 5.98. The van der Waals surface area contributed by atoms with Crippen LogP contribution in [0.3, 0.4) is 0 Å². The number of rotatable bonds is 4. The van der Waals surface area contributed by atoms with Gasteiger partial charge in [-0.1, -0.05) is 18.2 Å². The fraction of sp³-hybridized carbons (Fsp3) is 0.652. The van der Waals surface area contributed by atoms with Crippen molar-refractivity contribution in [1.82, 2.24) is 20.1 Å². The van der Waals surface area contributed by atoms with Crippen LogP contribution in [0.5, 0.6) is 0 Å². The molecule has 31 heavy (non-hydrogen) atoms. The number of benzene rings is 1. The van der Waals surface area contributed by atoms with Crippen molar-refractivity contribution in [2.45, 2.75) is 25.0 Å². The van der Waals surface area contributed by atoms with Gasteiger partial charge in [-0.05, 0) is 32.0 Å². The van der Waals surface area contributed by atoms with Gasteiger partial charge in [0.25, 0.3) is 0 Å². The van der Waals surface area contributed by atoms with Crippen molar-refractivity contribution in [2.24, 2.45) is 11.8 Å². The summed E-state index contributed by atoms with van der Waals surface area (Å²) in [5.74, 6) is -0.224. The largest absolute Gasteiger partial charge is 0.377 e. The lowest BCUT2D eigenvalue weighted by atomic mass is 9.83. The Hall–Kier alpha value is -2.00. The van der Waals surface area contributed by atoms with Gasteiger partial charge in [0.05, 0.1) is 29.7 Å². The molecule has 5 rings (SSSR count). The number of piperazine rings is 1. The van der Waals surface area contributed by atoms with Crippen LogP contribution in [0.25, 0.3) is 0 Å². The van der Waals surface area contributed by atoms with E-state index in [2.05, 4.69) is 22.3 Å². The fourth-order valence-electron chi connectivity index (χ4n) is 5.43. The number of hydrogen-bond donors (Lipinski definition) is 1. The van der Waals surface area contributed by atoms with Crippen molar-refractivity contribution in [3.8, 4) is 0 Å². The zero-order valence-electron chi connectivity index (χ0n) is 18.3. The van der Waals surface area contributed by atoms with E-state index in [1.54, 1.807) is 5.01 Å². The lowest BCUT2D eigenvalue weighted by Crippen LogP contribution is -2.60. The number of hydrogen-bond acceptors (Lipinski definition) is 6. The number of hydrazine groups is 1. The first kappa shape index (κ1) is 20.9. The monoisotopic (exact) mass is 427 g/mol. The summed E-state index contributed by atoms with van der Waals surface area (Å²) in [5, 5.41) is 1.66. The minimum atomic E-state index is -0.235. The van der Waals surface area contributed by atoms with Crippen LogP contribution in [0, 0.1) is 11.8 Å². The molecule has 0 bridgehead atoms. The van der Waals surface area contributed by atoms with Gasteiger partial charge in [-0.25, -0.2) is 10.4 Å². The topological polar surface area (TPSA) is 68.4 Å². The number of likely N-dealkylation sites (N-methyl/N-ethyl adjacent to an activating group) is 1. The van der Waals surface area contributed by atoms with E-state index in [9.17, 15) is 9.59 Å². The van der Waals surface area contributed by atoms with Crippen molar-refractivity contribution < 1.29 is 14.3 Å². The molecule has 4 saturated heterocycles. The third kappa shape index (κ3) is 4.22. The van der Waals surface area contributed by atoms with Crippen molar-refractivity contribution in [3.05, 3.63) is 30.3 Å². The number of likely N-dealkylation sites (tertiary alicyclic amines) is 1. The molecule has 0 aliphatic carbocycles. The van der Waals surface area contributed by atoms with Gasteiger partial charge in [-0.3, -0.25) is 14.5 Å². The average Bonchev–Trinajstić information content (AvgIpc) is 3.42. The number of para-hydroxylation sites is 1. The predicted octanol–water partition coefficient (Wildman–Crippen LogP) is 0.407. The number of piperidine rings is 1. The number of carbonyl (C=O) groups is 2. The summed E-state index contributed by atoms with van der Waals surface area (Å²) >= 11 is 0. The SMILES string of the molecule is CN1CCN(C(=O)C2CN(CC3CCCO3)CC3C(=O)N(c4ccccc4)NC23)CC1. The maximum atomic E-state index is 13.6. The number of amides is 2. The van der Waals surface area contributed by atoms with Crippen LogP contribution in [0.4, 0.5) is 5.69 Å². The normalized spacial score (nSPS) is 32.5. The van der Waals surface area contributed by atoms with Gasteiger partial charge in [0.15, 0.2) is 0 Å². The first-order valence-electron chi connectivity index (χ1n) is 11.6. The van der Waals surface area contributed by atoms with Gasteiger partial charge in [-0.15, -0.1) is 0 Å². The summed E-state index contributed by atoms with van der Waals surface area (Å²) in [7, 11) is 2.09. The molecule has 8 nitrogen and oxygen atoms in total. The van der Waals surface area contributed by atoms with Crippen LogP contribution >= 0.6 is 0 Å². The third-order valence-electron chi connectivity index (χ3n) is 7.22. The number of carbonyl (C=O) groups excluding carboxylic acids is 2. The second kappa shape index (κ2) is 8.86. The number of ether oxygens (including phenoxy) is 1. The van der Waals surface area contributed by atoms with Crippen LogP contribution in [0.2, 0.25) is 0 Å². The van der Waals surface area contributed by atoms with Crippen molar-refractivity contribution in [1.29, 1.82) is 0 Å². The molecule has 2 amide bonds. The van der Waals surface area contributed by atoms with E-state index in [1.807, 2.05) is 35.2 Å². The molecule has 0 spiro atoms. The molecule has 0 saturated carbocycles. The zero-order chi connectivity index (χ0) is 21.4. The van der Waals surface area contributed by atoms with Gasteiger partial charge >= 0.3 is 0 Å². The standard InChI is InChI=1S/C23H33N5O3/c1-25-9-11-27(12-10-25)22(29)19-15-26(14-18-8-5-13-31-18)16-20-21(19)24-28(23(20)30)17-6-3-2-4-7-17/h2-4,6-7,18-21,24H,5,8-16H2,1H3. The van der Waals surface area contributed by atoms with Crippen LogP contribution in [0.1, 0.15) is 12.8 Å². The first-order chi connectivity index (χ1) is 15.1. The number of nitrogens with one attached hydrogen (secondary N) is 1. The summed E-state index contributed by atoms with van der Waals surface area (Å²) in [5.41, 5.74) is 4.25. The van der Waals surface area contributed by atoms with E-state index in [1.165, 1.54) is 0 Å². The van der Waals surface area contributed by atoms with Crippen LogP contribution in [-0.4, -0.2) is 98.1 Å². The Kier molecular flexibility index (Phi) is 5.97. The minimum absolute atomic E-state index is 0.0596. The first-order valence-corrected chi connectivity index (χ1v) is 11.6. The molecule has 168 valence electrons. The number of fused-ring (bicyclic) bond motifs is 1. The zero-order valence-corrected chi connectivity index (χ0v) is 18.3. The van der Waals surface area contributed by atoms with E-state index < -0.39 is 0 Å². The van der Waals surface area contributed by atoms with Crippen molar-refractivity contribution in [3.63, 3.8) is 0 Å². The van der Waals surface area contributed by atoms with Crippen molar-refractivity contribution in [2.75, 3.05) is 64.5 Å². The summed E-state index contributed by atoms with van der Waals surface area (Å²) in [6.45, 7) is 6.27. The van der Waals surface area contributed by atoms with E-state index in [0.29, 0.717) is 13.1 Å². The summed E-state index contributed by atoms with van der Waals surface area (Å²) in [4.78, 5) is 33.5. The van der Waals surface area contributed by atoms with E-state index in [0.717, 1.165) is 57.9 Å². The van der Waals surface area contributed by atoms with Crippen molar-refractivity contribution >= 4 is 17.5 Å². The molecule has 4 aliphatic rings. The number of anilines is 1. The molecular weight excluding hydrogens is 394 g/mol. The van der Waals surface area contributed by atoms with Crippen LogP contribution in [0.15, 0.2) is 30.3 Å². The van der Waals surface area contributed by atoms with E-state index >= 15 is 0 Å². The van der Waals surface area contributed by atoms with Gasteiger partial charge in [0.1, 0.15) is 0 Å². The molecule has 1 N–H and O–H groups in total. The smallest absolute Gasteiger partial charge is 0.247 e. The highest BCUT2D eigenvalue weighted by atomic mass is 16.5. The molecular formula is C23H33N5O3. The Morgan fingerprint density at radius 3 is 2.61 bits per heavy atom. The van der Waals surface area contributed by atoms with Crippen LogP contribution < -0.4 is 10.4 Å². The highest BCUT2D eigenvalue weighted by Crippen LogP contribution is 2.33. The maximum Gasteiger partial charge on any atom is 0.247 e. The average molecular weight is 428 g/mol. The Morgan fingerprint density at radius 1 is 1.13 bits per heavy atom. The molecule has 4 aliphatic heterocycles. The Balaban J connectivity index is 1.37. The second-order valence-electron chi connectivity index (χ2n) is 9.36. The molecule has 4 heterocycles. The Morgan fingerprint density at radius 2 is 1.90 bits per heavy atom. The molecule has 8 heteroatoms. The molecule has 0 aromatic heterocycles. The summed E-state index contributed by atoms with van der Waals surface area (Å²) < 4.78 is 5.85. The lowest BCUT2D eigenvalue weighted by Gasteiger charge is -2.42. The van der Waals surface area contributed by atoms with Gasteiger partial charge in [0.2, 0.25) is 11.8 Å². The predicted molar refractivity (Wildman–Crippen MR) is 117 cm³/mol. The highest BCUT2D eigenvalue weighted by Gasteiger charge is 2.51. The van der Waals surface area contributed by atoms with Crippen LogP contribution in [-0.2, 0) is 14.3 Å². The second-order valence-corrected chi connectivity index (χ2v) is 9.36. The third-order valence-corrected chi connectivity index (χ3v) is 7.22. The Bertz CT molecular complexity index is 792. The van der Waals surface area contributed by atoms with Gasteiger partial charge in [0, 0.05) is 52.4 Å². The summed E-state index contributed by atoms with van der Waals surface area (Å²) in [6.07, 6.45) is 2.37.